The Hall–Kier alpha value is -2.45. The van der Waals surface area contributed by atoms with Crippen LogP contribution in [0, 0.1) is 11.3 Å². The summed E-state index contributed by atoms with van der Waals surface area (Å²) in [6, 6.07) is 18.7. The number of halogens is 1. The van der Waals surface area contributed by atoms with Crippen molar-refractivity contribution in [2.75, 3.05) is 5.33 Å². The number of ether oxygens (including phenoxy) is 1. The van der Waals surface area contributed by atoms with Crippen molar-refractivity contribution >= 4 is 27.7 Å². The molecule has 27 heavy (non-hydrogen) atoms. The van der Waals surface area contributed by atoms with E-state index in [9.17, 15) is 9.59 Å². The van der Waals surface area contributed by atoms with Crippen LogP contribution in [0.5, 0.6) is 0 Å². The zero-order valence-corrected chi connectivity index (χ0v) is 16.7. The lowest BCUT2D eigenvalue weighted by molar-refractivity contribution is -0.145. The number of aryl methyl sites for hydroxylation is 1. The summed E-state index contributed by atoms with van der Waals surface area (Å²) < 4.78 is 5.43. The van der Waals surface area contributed by atoms with Crippen molar-refractivity contribution in [3.63, 3.8) is 0 Å². The highest BCUT2D eigenvalue weighted by atomic mass is 79.9. The van der Waals surface area contributed by atoms with Crippen LogP contribution in [0.2, 0.25) is 0 Å². The molecule has 5 heteroatoms. The van der Waals surface area contributed by atoms with Crippen molar-refractivity contribution < 1.29 is 14.3 Å². The molecule has 0 bridgehead atoms. The van der Waals surface area contributed by atoms with Gasteiger partial charge >= 0.3 is 5.97 Å². The fourth-order valence-corrected chi connectivity index (χ4v) is 2.95. The van der Waals surface area contributed by atoms with Crippen LogP contribution >= 0.6 is 15.9 Å². The maximum absolute atomic E-state index is 12.4. The van der Waals surface area contributed by atoms with E-state index in [0.29, 0.717) is 17.5 Å². The van der Waals surface area contributed by atoms with Gasteiger partial charge in [0.15, 0.2) is 5.78 Å². The molecule has 0 radical (unpaired) electrons. The number of esters is 1. The van der Waals surface area contributed by atoms with E-state index in [4.69, 9.17) is 10.00 Å². The number of unbranched alkanes of at least 4 members (excludes halogenated alkanes) is 1. The quantitative estimate of drug-likeness (QED) is 0.235. The van der Waals surface area contributed by atoms with Crippen LogP contribution in [0.15, 0.2) is 54.6 Å². The molecule has 0 amide bonds. The molecular weight excluding hydrogens is 406 g/mol. The molecular formula is C22H22BrNO3. The van der Waals surface area contributed by atoms with Gasteiger partial charge in [0.2, 0.25) is 0 Å². The van der Waals surface area contributed by atoms with Gasteiger partial charge in [0.25, 0.3) is 0 Å². The lowest BCUT2D eigenvalue weighted by atomic mass is 10.00. The van der Waals surface area contributed by atoms with Crippen molar-refractivity contribution in [3.05, 3.63) is 71.3 Å². The Balaban J connectivity index is 1.85. The summed E-state index contributed by atoms with van der Waals surface area (Å²) in [6.07, 6.45) is 3.09. The van der Waals surface area contributed by atoms with Crippen molar-refractivity contribution in [2.45, 2.75) is 38.2 Å². The van der Waals surface area contributed by atoms with Gasteiger partial charge in [0.1, 0.15) is 11.4 Å². The van der Waals surface area contributed by atoms with Crippen molar-refractivity contribution in [1.29, 1.82) is 5.26 Å². The summed E-state index contributed by atoms with van der Waals surface area (Å²) >= 11 is 3.10. The molecule has 0 aliphatic heterocycles. The van der Waals surface area contributed by atoms with Gasteiger partial charge in [-0.05, 0) is 43.4 Å². The molecule has 0 aromatic heterocycles. The molecule has 0 saturated carbocycles. The van der Waals surface area contributed by atoms with E-state index in [1.165, 1.54) is 5.56 Å². The third-order valence-electron chi connectivity index (χ3n) is 4.24. The van der Waals surface area contributed by atoms with Gasteiger partial charge in [-0.25, -0.2) is 0 Å². The number of Topliss-reactive ketones (excluding diaryl/α,β-unsaturated/α-hetero) is 1. The highest BCUT2D eigenvalue weighted by Crippen LogP contribution is 2.16. The molecule has 140 valence electrons. The predicted molar refractivity (Wildman–Crippen MR) is 108 cm³/mol. The lowest BCUT2D eigenvalue weighted by Gasteiger charge is -2.17. The van der Waals surface area contributed by atoms with Crippen LogP contribution < -0.4 is 0 Å². The van der Waals surface area contributed by atoms with Gasteiger partial charge < -0.3 is 4.74 Å². The van der Waals surface area contributed by atoms with E-state index >= 15 is 0 Å². The van der Waals surface area contributed by atoms with Crippen molar-refractivity contribution in [1.82, 2.24) is 0 Å². The lowest BCUT2D eigenvalue weighted by Crippen LogP contribution is -2.22. The van der Waals surface area contributed by atoms with E-state index in [-0.39, 0.29) is 23.5 Å². The molecule has 0 spiro atoms. The maximum atomic E-state index is 12.4. The molecule has 1 unspecified atom stereocenters. The normalized spacial score (nSPS) is 11.4. The largest absolute Gasteiger partial charge is 0.461 e. The summed E-state index contributed by atoms with van der Waals surface area (Å²) in [4.78, 5) is 24.1. The number of nitrogens with zero attached hydrogens (tertiary/aromatic N) is 1. The number of hydrogen-bond acceptors (Lipinski definition) is 4. The SMILES string of the molecule is N#Cc1ccc(CCCCC(CC(=O)c2ccccc2)OC(=O)CBr)cc1. The van der Waals surface area contributed by atoms with Crippen LogP contribution in [0.25, 0.3) is 0 Å². The second-order valence-corrected chi connectivity index (χ2v) is 6.85. The number of alkyl halides is 1. The summed E-state index contributed by atoms with van der Waals surface area (Å²) in [5.74, 6) is -0.372. The molecule has 1 atom stereocenters. The highest BCUT2D eigenvalue weighted by Gasteiger charge is 2.18. The third kappa shape index (κ3) is 7.36. The van der Waals surface area contributed by atoms with Crippen LogP contribution in [0.4, 0.5) is 0 Å². The number of ketones is 1. The van der Waals surface area contributed by atoms with Gasteiger partial charge in [-0.3, -0.25) is 9.59 Å². The minimum Gasteiger partial charge on any atom is -0.461 e. The molecule has 0 aliphatic rings. The molecule has 0 N–H and O–H groups in total. The smallest absolute Gasteiger partial charge is 0.316 e. The average Bonchev–Trinajstić information content (AvgIpc) is 2.72. The standard InChI is InChI=1S/C22H22BrNO3/c23-15-22(26)27-20(14-21(25)19-7-2-1-3-8-19)9-5-4-6-17-10-12-18(16-24)13-11-17/h1-3,7-8,10-13,20H,4-6,9,14-15H2. The van der Waals surface area contributed by atoms with Crippen LogP contribution in [-0.2, 0) is 16.0 Å². The first-order chi connectivity index (χ1) is 13.1. The molecule has 0 fully saturated rings. The molecule has 0 saturated heterocycles. The van der Waals surface area contributed by atoms with Crippen molar-refractivity contribution in [2.24, 2.45) is 0 Å². The second-order valence-electron chi connectivity index (χ2n) is 6.29. The van der Waals surface area contributed by atoms with Gasteiger partial charge in [0.05, 0.1) is 11.6 Å². The minimum atomic E-state index is -0.413. The summed E-state index contributed by atoms with van der Waals surface area (Å²) in [5, 5.41) is 8.95. The fraction of sp³-hybridized carbons (Fsp3) is 0.318. The summed E-state index contributed by atoms with van der Waals surface area (Å²) in [5.41, 5.74) is 2.46. The monoisotopic (exact) mass is 427 g/mol. The first kappa shape index (κ1) is 20.9. The molecule has 2 aromatic carbocycles. The van der Waals surface area contributed by atoms with Crippen LogP contribution in [0.1, 0.15) is 47.2 Å². The molecule has 4 nitrogen and oxygen atoms in total. The topological polar surface area (TPSA) is 67.2 Å². The Bertz CT molecular complexity index is 781. The number of hydrogen-bond donors (Lipinski definition) is 0. The van der Waals surface area contributed by atoms with E-state index in [1.807, 2.05) is 42.5 Å². The number of benzene rings is 2. The summed E-state index contributed by atoms with van der Waals surface area (Å²) in [7, 11) is 0. The van der Waals surface area contributed by atoms with Crippen LogP contribution in [0.3, 0.4) is 0 Å². The maximum Gasteiger partial charge on any atom is 0.316 e. The Morgan fingerprint density at radius 2 is 1.74 bits per heavy atom. The Kier molecular flexibility index (Phi) is 8.73. The first-order valence-corrected chi connectivity index (χ1v) is 10.1. The number of carbonyl (C=O) groups is 2. The Morgan fingerprint density at radius 1 is 1.04 bits per heavy atom. The molecule has 0 aliphatic carbocycles. The fourth-order valence-electron chi connectivity index (χ4n) is 2.82. The first-order valence-electron chi connectivity index (χ1n) is 8.95. The minimum absolute atomic E-state index is 0.0185. The van der Waals surface area contributed by atoms with E-state index in [0.717, 1.165) is 19.3 Å². The second kappa shape index (κ2) is 11.3. The number of nitriles is 1. The van der Waals surface area contributed by atoms with Crippen molar-refractivity contribution in [3.8, 4) is 6.07 Å². The average molecular weight is 428 g/mol. The molecule has 2 rings (SSSR count). The zero-order chi connectivity index (χ0) is 19.5. The molecule has 2 aromatic rings. The highest BCUT2D eigenvalue weighted by molar-refractivity contribution is 9.09. The van der Waals surface area contributed by atoms with Gasteiger partial charge in [-0.2, -0.15) is 5.26 Å². The van der Waals surface area contributed by atoms with Crippen LogP contribution in [-0.4, -0.2) is 23.2 Å². The van der Waals surface area contributed by atoms with Gasteiger partial charge in [-0.1, -0.05) is 58.4 Å². The van der Waals surface area contributed by atoms with Gasteiger partial charge in [0, 0.05) is 12.0 Å². The Labute approximate surface area is 168 Å². The zero-order valence-electron chi connectivity index (χ0n) is 15.1. The molecule has 0 heterocycles. The van der Waals surface area contributed by atoms with E-state index in [2.05, 4.69) is 22.0 Å². The third-order valence-corrected chi connectivity index (χ3v) is 4.70. The van der Waals surface area contributed by atoms with Gasteiger partial charge in [-0.15, -0.1) is 0 Å². The predicted octanol–water partition coefficient (Wildman–Crippen LogP) is 4.85. The van der Waals surface area contributed by atoms with E-state index < -0.39 is 6.10 Å². The number of carbonyl (C=O) groups excluding carboxylic acids is 2. The van der Waals surface area contributed by atoms with E-state index in [1.54, 1.807) is 12.1 Å². The summed E-state index contributed by atoms with van der Waals surface area (Å²) in [6.45, 7) is 0. The number of rotatable bonds is 10. The Morgan fingerprint density at radius 3 is 2.37 bits per heavy atom.